The molecule has 0 unspecified atom stereocenters. The first kappa shape index (κ1) is 22.6. The van der Waals surface area contributed by atoms with Crippen molar-refractivity contribution >= 4 is 23.4 Å². The standard InChI is InChI=1S/C20H23F3N4O4/c1-13-11-26(19(30)31-8-5-20(21,22)23)18-9-15(3-4-17(18)27(13)14(2)29)16-10-24-25(12-16)6-7-28/h3-4,9-10,12-13,28H,5-8,11H2,1-2H3/t13-/m0/s1. The van der Waals surface area contributed by atoms with Gasteiger partial charge in [0, 0.05) is 25.2 Å². The Morgan fingerprint density at radius 1 is 1.26 bits per heavy atom. The second-order valence-electron chi connectivity index (χ2n) is 7.25. The molecular weight excluding hydrogens is 417 g/mol. The molecule has 0 saturated heterocycles. The summed E-state index contributed by atoms with van der Waals surface area (Å²) in [6.07, 6.45) is -3.26. The van der Waals surface area contributed by atoms with E-state index in [-0.39, 0.29) is 19.1 Å². The predicted octanol–water partition coefficient (Wildman–Crippen LogP) is 3.19. The quantitative estimate of drug-likeness (QED) is 0.772. The molecule has 1 aliphatic heterocycles. The Kier molecular flexibility index (Phi) is 6.54. The number of alkyl halides is 3. The van der Waals surface area contributed by atoms with E-state index in [1.165, 1.54) is 16.7 Å². The third-order valence-electron chi connectivity index (χ3n) is 4.88. The lowest BCUT2D eigenvalue weighted by Crippen LogP contribution is -2.51. The molecule has 11 heteroatoms. The maximum atomic E-state index is 12.6. The van der Waals surface area contributed by atoms with Gasteiger partial charge in [-0.15, -0.1) is 0 Å². The maximum absolute atomic E-state index is 12.6. The number of halogens is 3. The molecule has 1 N–H and O–H groups in total. The van der Waals surface area contributed by atoms with Crippen LogP contribution in [-0.4, -0.2) is 58.9 Å². The molecule has 0 spiro atoms. The van der Waals surface area contributed by atoms with Crippen LogP contribution in [0.4, 0.5) is 29.3 Å². The smallest absolute Gasteiger partial charge is 0.414 e. The molecule has 0 aliphatic carbocycles. The van der Waals surface area contributed by atoms with Gasteiger partial charge in [0.1, 0.15) is 6.61 Å². The van der Waals surface area contributed by atoms with E-state index in [0.29, 0.717) is 23.5 Å². The first-order valence-corrected chi connectivity index (χ1v) is 9.69. The fourth-order valence-corrected chi connectivity index (χ4v) is 3.53. The van der Waals surface area contributed by atoms with Crippen LogP contribution in [0.3, 0.4) is 0 Å². The topological polar surface area (TPSA) is 87.9 Å². The molecule has 2 amide bonds. The zero-order chi connectivity index (χ0) is 22.8. The predicted molar refractivity (Wildman–Crippen MR) is 107 cm³/mol. The summed E-state index contributed by atoms with van der Waals surface area (Å²) >= 11 is 0. The molecule has 0 bridgehead atoms. The fraction of sp³-hybridized carbons (Fsp3) is 0.450. The minimum absolute atomic E-state index is 0.0741. The lowest BCUT2D eigenvalue weighted by Gasteiger charge is -2.40. The summed E-state index contributed by atoms with van der Waals surface area (Å²) in [4.78, 5) is 27.6. The monoisotopic (exact) mass is 440 g/mol. The summed E-state index contributed by atoms with van der Waals surface area (Å²) < 4.78 is 43.7. The maximum Gasteiger partial charge on any atom is 0.414 e. The molecule has 0 fully saturated rings. The van der Waals surface area contributed by atoms with Gasteiger partial charge in [-0.3, -0.25) is 14.4 Å². The number of aliphatic hydroxyl groups excluding tert-OH is 1. The van der Waals surface area contributed by atoms with Gasteiger partial charge >= 0.3 is 12.3 Å². The van der Waals surface area contributed by atoms with Crippen LogP contribution < -0.4 is 9.80 Å². The van der Waals surface area contributed by atoms with Gasteiger partial charge in [-0.25, -0.2) is 4.79 Å². The highest BCUT2D eigenvalue weighted by Crippen LogP contribution is 2.39. The van der Waals surface area contributed by atoms with Gasteiger partial charge in [0.15, 0.2) is 0 Å². The van der Waals surface area contributed by atoms with Crippen molar-refractivity contribution in [2.45, 2.75) is 39.0 Å². The number of ether oxygens (including phenoxy) is 1. The van der Waals surface area contributed by atoms with Crippen molar-refractivity contribution in [1.82, 2.24) is 9.78 Å². The third-order valence-corrected chi connectivity index (χ3v) is 4.88. The van der Waals surface area contributed by atoms with E-state index in [2.05, 4.69) is 5.10 Å². The number of hydrogen-bond donors (Lipinski definition) is 1. The molecule has 0 saturated carbocycles. The zero-order valence-corrected chi connectivity index (χ0v) is 17.1. The van der Waals surface area contributed by atoms with Crippen LogP contribution in [0.2, 0.25) is 0 Å². The summed E-state index contributed by atoms with van der Waals surface area (Å²) in [5.74, 6) is -0.220. The van der Waals surface area contributed by atoms with E-state index < -0.39 is 31.3 Å². The van der Waals surface area contributed by atoms with Crippen LogP contribution >= 0.6 is 0 Å². The molecule has 1 aromatic heterocycles. The number of hydrogen-bond acceptors (Lipinski definition) is 5. The number of benzene rings is 1. The van der Waals surface area contributed by atoms with Gasteiger partial charge in [0.25, 0.3) is 0 Å². The van der Waals surface area contributed by atoms with Gasteiger partial charge in [0.2, 0.25) is 5.91 Å². The molecule has 2 heterocycles. The Hall–Kier alpha value is -3.08. The molecule has 1 aliphatic rings. The van der Waals surface area contributed by atoms with Crippen molar-refractivity contribution < 1.29 is 32.6 Å². The van der Waals surface area contributed by atoms with Crippen molar-refractivity contribution in [1.29, 1.82) is 0 Å². The van der Waals surface area contributed by atoms with Gasteiger partial charge in [-0.1, -0.05) is 6.07 Å². The van der Waals surface area contributed by atoms with E-state index in [1.807, 2.05) is 0 Å². The summed E-state index contributed by atoms with van der Waals surface area (Å²) in [7, 11) is 0. The van der Waals surface area contributed by atoms with E-state index in [9.17, 15) is 22.8 Å². The summed E-state index contributed by atoms with van der Waals surface area (Å²) in [5.41, 5.74) is 2.23. The highest BCUT2D eigenvalue weighted by Gasteiger charge is 2.35. The first-order chi connectivity index (χ1) is 14.6. The summed E-state index contributed by atoms with van der Waals surface area (Å²) in [6.45, 7) is 2.68. The molecule has 8 nitrogen and oxygen atoms in total. The van der Waals surface area contributed by atoms with Crippen molar-refractivity contribution in [3.8, 4) is 11.1 Å². The van der Waals surface area contributed by atoms with Crippen LogP contribution in [0.1, 0.15) is 20.3 Å². The largest absolute Gasteiger partial charge is 0.449 e. The van der Waals surface area contributed by atoms with Crippen molar-refractivity contribution in [2.24, 2.45) is 0 Å². The van der Waals surface area contributed by atoms with E-state index >= 15 is 0 Å². The van der Waals surface area contributed by atoms with Crippen LogP contribution in [0.25, 0.3) is 11.1 Å². The van der Waals surface area contributed by atoms with Gasteiger partial charge in [0.05, 0.1) is 43.2 Å². The SMILES string of the molecule is CC(=O)N1c2ccc(-c3cnn(CCO)c3)cc2N(C(=O)OCCC(F)(F)F)C[C@@H]1C. The van der Waals surface area contributed by atoms with Crippen molar-refractivity contribution in [3.63, 3.8) is 0 Å². The number of fused-ring (bicyclic) bond motifs is 1. The average Bonchev–Trinajstić information content (AvgIpc) is 3.14. The fourth-order valence-electron chi connectivity index (χ4n) is 3.53. The van der Waals surface area contributed by atoms with Crippen LogP contribution in [0.15, 0.2) is 30.6 Å². The highest BCUT2D eigenvalue weighted by molar-refractivity contribution is 6.03. The molecule has 31 heavy (non-hydrogen) atoms. The van der Waals surface area contributed by atoms with Crippen LogP contribution in [-0.2, 0) is 16.1 Å². The average molecular weight is 440 g/mol. The van der Waals surface area contributed by atoms with Crippen molar-refractivity contribution in [3.05, 3.63) is 30.6 Å². The van der Waals surface area contributed by atoms with Gasteiger partial charge < -0.3 is 14.7 Å². The van der Waals surface area contributed by atoms with Gasteiger partial charge in [-0.05, 0) is 24.6 Å². The van der Waals surface area contributed by atoms with E-state index in [0.717, 1.165) is 5.56 Å². The van der Waals surface area contributed by atoms with Crippen molar-refractivity contribution in [2.75, 3.05) is 29.6 Å². The number of aliphatic hydroxyl groups is 1. The number of anilines is 2. The van der Waals surface area contributed by atoms with E-state index in [4.69, 9.17) is 9.84 Å². The van der Waals surface area contributed by atoms with E-state index in [1.54, 1.807) is 42.2 Å². The number of aromatic nitrogens is 2. The Morgan fingerprint density at radius 2 is 2.00 bits per heavy atom. The second kappa shape index (κ2) is 8.96. The van der Waals surface area contributed by atoms with Crippen LogP contribution in [0, 0.1) is 0 Å². The number of nitrogens with zero attached hydrogens (tertiary/aromatic N) is 4. The zero-order valence-electron chi connectivity index (χ0n) is 17.1. The molecule has 0 radical (unpaired) electrons. The minimum atomic E-state index is -4.43. The lowest BCUT2D eigenvalue weighted by molar-refractivity contribution is -0.141. The number of amides is 2. The molecule has 168 valence electrons. The number of carbonyl (C=O) groups is 2. The Bertz CT molecular complexity index is 960. The molecule has 1 atom stereocenters. The summed E-state index contributed by atoms with van der Waals surface area (Å²) in [6, 6.07) is 4.72. The Balaban J connectivity index is 1.94. The molecule has 1 aromatic carbocycles. The number of carbonyl (C=O) groups excluding carboxylic acids is 2. The highest BCUT2D eigenvalue weighted by atomic mass is 19.4. The van der Waals surface area contributed by atoms with Gasteiger partial charge in [-0.2, -0.15) is 18.3 Å². The molecular formula is C20H23F3N4O4. The second-order valence-corrected chi connectivity index (χ2v) is 7.25. The molecule has 2 aromatic rings. The Morgan fingerprint density at radius 3 is 2.65 bits per heavy atom. The first-order valence-electron chi connectivity index (χ1n) is 9.69. The minimum Gasteiger partial charge on any atom is -0.449 e. The number of rotatable bonds is 5. The lowest BCUT2D eigenvalue weighted by atomic mass is 10.0. The third kappa shape index (κ3) is 5.16. The molecule has 3 rings (SSSR count). The Labute approximate surface area is 176 Å². The summed E-state index contributed by atoms with van der Waals surface area (Å²) in [5, 5.41) is 13.2. The normalized spacial score (nSPS) is 16.3. The van der Waals surface area contributed by atoms with Crippen LogP contribution in [0.5, 0.6) is 0 Å².